The van der Waals surface area contributed by atoms with Crippen LogP contribution in [0.5, 0.6) is 0 Å². The standard InChI is InChI=1S/C15H22FN3O5S/c1-11(2)23-7-14(20)18-8-15(9-18)10-25(21,22)13(6-24-15)5-19-4-12(16)3-17-19/h3-4,11,13H,5-10H2,1-2H3/t13-/m0/s1. The zero-order valence-corrected chi connectivity index (χ0v) is 15.0. The van der Waals surface area contributed by atoms with Gasteiger partial charge in [0.2, 0.25) is 5.91 Å². The molecule has 3 heterocycles. The Morgan fingerprint density at radius 3 is 2.80 bits per heavy atom. The molecule has 0 N–H and O–H groups in total. The van der Waals surface area contributed by atoms with Crippen LogP contribution in [0.15, 0.2) is 12.4 Å². The molecule has 0 radical (unpaired) electrons. The summed E-state index contributed by atoms with van der Waals surface area (Å²) >= 11 is 0. The van der Waals surface area contributed by atoms with Gasteiger partial charge in [0, 0.05) is 0 Å². The first-order valence-electron chi connectivity index (χ1n) is 8.12. The van der Waals surface area contributed by atoms with Gasteiger partial charge < -0.3 is 14.4 Å². The third-order valence-electron chi connectivity index (χ3n) is 4.39. The van der Waals surface area contributed by atoms with Gasteiger partial charge in [0.1, 0.15) is 17.5 Å². The van der Waals surface area contributed by atoms with Crippen LogP contribution in [0.2, 0.25) is 0 Å². The Hall–Kier alpha value is -1.52. The highest BCUT2D eigenvalue weighted by molar-refractivity contribution is 7.92. The van der Waals surface area contributed by atoms with Gasteiger partial charge in [-0.1, -0.05) is 0 Å². The van der Waals surface area contributed by atoms with Gasteiger partial charge in [-0.05, 0) is 13.8 Å². The molecule has 25 heavy (non-hydrogen) atoms. The molecule has 1 spiro atoms. The van der Waals surface area contributed by atoms with E-state index in [1.54, 1.807) is 4.90 Å². The Morgan fingerprint density at radius 2 is 2.24 bits per heavy atom. The Bertz CT molecular complexity index is 742. The second-order valence-electron chi connectivity index (χ2n) is 6.91. The van der Waals surface area contributed by atoms with Gasteiger partial charge in [0.05, 0.1) is 50.5 Å². The maximum atomic E-state index is 13.0. The number of halogens is 1. The van der Waals surface area contributed by atoms with Crippen LogP contribution in [0.4, 0.5) is 4.39 Å². The van der Waals surface area contributed by atoms with Crippen molar-refractivity contribution < 1.29 is 27.1 Å². The van der Waals surface area contributed by atoms with E-state index in [9.17, 15) is 17.6 Å². The summed E-state index contributed by atoms with van der Waals surface area (Å²) in [5.41, 5.74) is -0.835. The molecular formula is C15H22FN3O5S. The molecule has 2 aliphatic heterocycles. The van der Waals surface area contributed by atoms with Crippen LogP contribution in [0.1, 0.15) is 13.8 Å². The number of aromatic nitrogens is 2. The van der Waals surface area contributed by atoms with Crippen LogP contribution >= 0.6 is 0 Å². The van der Waals surface area contributed by atoms with Crippen molar-refractivity contribution >= 4 is 15.7 Å². The van der Waals surface area contributed by atoms with E-state index in [0.29, 0.717) is 0 Å². The average Bonchev–Trinajstić information content (AvgIpc) is 2.89. The van der Waals surface area contributed by atoms with Gasteiger partial charge in [-0.2, -0.15) is 5.10 Å². The first-order chi connectivity index (χ1) is 11.7. The lowest BCUT2D eigenvalue weighted by Gasteiger charge is -2.52. The van der Waals surface area contributed by atoms with Crippen molar-refractivity contribution in [3.63, 3.8) is 0 Å². The second-order valence-corrected chi connectivity index (χ2v) is 9.19. The number of likely N-dealkylation sites (tertiary alicyclic amines) is 1. The molecule has 8 nitrogen and oxygen atoms in total. The van der Waals surface area contributed by atoms with E-state index in [-0.39, 0.29) is 50.6 Å². The van der Waals surface area contributed by atoms with E-state index in [0.717, 1.165) is 12.4 Å². The summed E-state index contributed by atoms with van der Waals surface area (Å²) in [6, 6.07) is 0. The van der Waals surface area contributed by atoms with Crippen molar-refractivity contribution in [2.45, 2.75) is 37.3 Å². The van der Waals surface area contributed by atoms with Crippen LogP contribution in [0, 0.1) is 5.82 Å². The molecule has 0 aliphatic carbocycles. The second kappa shape index (κ2) is 6.65. The summed E-state index contributed by atoms with van der Waals surface area (Å²) in [6.45, 7) is 4.21. The van der Waals surface area contributed by atoms with Gasteiger partial charge in [0.25, 0.3) is 0 Å². The fourth-order valence-electron chi connectivity index (χ4n) is 3.05. The number of sulfone groups is 1. The lowest BCUT2D eigenvalue weighted by molar-refractivity contribution is -0.170. The maximum absolute atomic E-state index is 13.0. The third-order valence-corrected chi connectivity index (χ3v) is 6.62. The maximum Gasteiger partial charge on any atom is 0.248 e. The lowest BCUT2D eigenvalue weighted by Crippen LogP contribution is -2.71. The number of ether oxygens (including phenoxy) is 2. The van der Waals surface area contributed by atoms with E-state index in [2.05, 4.69) is 5.10 Å². The van der Waals surface area contributed by atoms with Crippen LogP contribution < -0.4 is 0 Å². The highest BCUT2D eigenvalue weighted by Gasteiger charge is 2.53. The highest BCUT2D eigenvalue weighted by Crippen LogP contribution is 2.33. The molecule has 2 aliphatic rings. The summed E-state index contributed by atoms with van der Waals surface area (Å²) in [5, 5.41) is 3.00. The molecule has 2 saturated heterocycles. The van der Waals surface area contributed by atoms with Crippen molar-refractivity contribution in [1.29, 1.82) is 0 Å². The number of rotatable bonds is 5. The summed E-state index contributed by atoms with van der Waals surface area (Å²) in [4.78, 5) is 13.5. The minimum absolute atomic E-state index is 0.00827. The molecule has 1 atom stereocenters. The van der Waals surface area contributed by atoms with Gasteiger partial charge in [-0.15, -0.1) is 0 Å². The molecule has 1 aromatic rings. The molecule has 3 rings (SSSR count). The van der Waals surface area contributed by atoms with E-state index >= 15 is 0 Å². The van der Waals surface area contributed by atoms with Crippen molar-refractivity contribution in [2.24, 2.45) is 0 Å². The zero-order valence-electron chi connectivity index (χ0n) is 14.2. The Morgan fingerprint density at radius 1 is 1.52 bits per heavy atom. The van der Waals surface area contributed by atoms with Gasteiger partial charge in [0.15, 0.2) is 15.7 Å². The number of carbonyl (C=O) groups is 1. The van der Waals surface area contributed by atoms with Crippen LogP contribution in [-0.4, -0.2) is 78.0 Å². The van der Waals surface area contributed by atoms with E-state index in [1.165, 1.54) is 4.68 Å². The predicted octanol–water partition coefficient (Wildman–Crippen LogP) is -0.158. The van der Waals surface area contributed by atoms with E-state index in [4.69, 9.17) is 9.47 Å². The summed E-state index contributed by atoms with van der Waals surface area (Å²) in [5.74, 6) is -0.833. The normalized spacial score (nSPS) is 24.5. The minimum atomic E-state index is -3.43. The van der Waals surface area contributed by atoms with Gasteiger partial charge in [-0.3, -0.25) is 9.48 Å². The number of nitrogens with zero attached hydrogens (tertiary/aromatic N) is 3. The molecule has 2 fully saturated rings. The Labute approximate surface area is 145 Å². The van der Waals surface area contributed by atoms with Crippen LogP contribution in [0.25, 0.3) is 0 Å². The number of hydrogen-bond donors (Lipinski definition) is 0. The van der Waals surface area contributed by atoms with E-state index in [1.807, 2.05) is 13.8 Å². The van der Waals surface area contributed by atoms with Crippen molar-refractivity contribution in [1.82, 2.24) is 14.7 Å². The van der Waals surface area contributed by atoms with Gasteiger partial charge in [-0.25, -0.2) is 12.8 Å². The minimum Gasteiger partial charge on any atom is -0.369 e. The predicted molar refractivity (Wildman–Crippen MR) is 86.1 cm³/mol. The molecule has 10 heteroatoms. The monoisotopic (exact) mass is 375 g/mol. The topological polar surface area (TPSA) is 90.7 Å². The first kappa shape index (κ1) is 18.3. The third kappa shape index (κ3) is 4.01. The van der Waals surface area contributed by atoms with Gasteiger partial charge >= 0.3 is 0 Å². The molecule has 0 aromatic carbocycles. The Kier molecular flexibility index (Phi) is 4.86. The number of hydrogen-bond acceptors (Lipinski definition) is 6. The highest BCUT2D eigenvalue weighted by atomic mass is 32.2. The fourth-order valence-corrected chi connectivity index (χ4v) is 4.94. The van der Waals surface area contributed by atoms with Crippen molar-refractivity contribution in [3.05, 3.63) is 18.2 Å². The largest absolute Gasteiger partial charge is 0.369 e. The molecule has 0 unspecified atom stereocenters. The lowest BCUT2D eigenvalue weighted by atomic mass is 9.95. The quantitative estimate of drug-likeness (QED) is 0.710. The van der Waals surface area contributed by atoms with Crippen molar-refractivity contribution in [3.8, 4) is 0 Å². The summed E-state index contributed by atoms with van der Waals surface area (Å²) < 4.78 is 50.4. The number of amides is 1. The van der Waals surface area contributed by atoms with Crippen molar-refractivity contribution in [2.75, 3.05) is 32.1 Å². The first-order valence-corrected chi connectivity index (χ1v) is 9.83. The average molecular weight is 375 g/mol. The summed E-state index contributed by atoms with van der Waals surface area (Å²) in [7, 11) is -3.43. The van der Waals surface area contributed by atoms with Crippen LogP contribution in [0.3, 0.4) is 0 Å². The zero-order chi connectivity index (χ0) is 18.2. The smallest absolute Gasteiger partial charge is 0.248 e. The molecule has 1 amide bonds. The molecule has 1 aromatic heterocycles. The molecule has 0 saturated carbocycles. The van der Waals surface area contributed by atoms with E-state index < -0.39 is 26.5 Å². The summed E-state index contributed by atoms with van der Waals surface area (Å²) in [6.07, 6.45) is 2.14. The SMILES string of the molecule is CC(C)OCC(=O)N1CC2(C1)CS(=O)(=O)[C@@H](Cn1cc(F)cn1)CO2. The molecular weight excluding hydrogens is 353 g/mol. The fraction of sp³-hybridized carbons (Fsp3) is 0.733. The molecule has 0 bridgehead atoms. The number of carbonyl (C=O) groups excluding carboxylic acids is 1. The Balaban J connectivity index is 1.56. The van der Waals surface area contributed by atoms with Crippen LogP contribution in [-0.2, 0) is 30.7 Å². The molecule has 140 valence electrons.